The molecule has 1 aromatic carbocycles. The highest BCUT2D eigenvalue weighted by Gasteiger charge is 2.39. The fourth-order valence-corrected chi connectivity index (χ4v) is 4.86. The normalized spacial score (nSPS) is 21.0. The van der Waals surface area contributed by atoms with E-state index >= 15 is 0 Å². The summed E-state index contributed by atoms with van der Waals surface area (Å²) in [5.74, 6) is 0.263. The number of hydrogen-bond acceptors (Lipinski definition) is 8. The van der Waals surface area contributed by atoms with Crippen molar-refractivity contribution < 1.29 is 18.3 Å². The number of para-hydroxylation sites is 1. The molecule has 2 aromatic heterocycles. The molecule has 1 aliphatic heterocycles. The summed E-state index contributed by atoms with van der Waals surface area (Å²) in [6.45, 7) is 1.27. The zero-order valence-electron chi connectivity index (χ0n) is 18.6. The van der Waals surface area contributed by atoms with E-state index in [9.17, 15) is 14.2 Å². The Morgan fingerprint density at radius 2 is 2.03 bits per heavy atom. The second-order valence-electron chi connectivity index (χ2n) is 7.66. The first kappa shape index (κ1) is 24.2. The number of anilines is 1. The quantitative estimate of drug-likeness (QED) is 0.195. The highest BCUT2D eigenvalue weighted by Crippen LogP contribution is 2.49. The summed E-state index contributed by atoms with van der Waals surface area (Å²) in [7, 11) is -3.99. The summed E-state index contributed by atoms with van der Waals surface area (Å²) in [5.41, 5.74) is 8.65. The van der Waals surface area contributed by atoms with Gasteiger partial charge in [-0.25, -0.2) is 9.36 Å². The summed E-state index contributed by atoms with van der Waals surface area (Å²) >= 11 is 0. The summed E-state index contributed by atoms with van der Waals surface area (Å²) < 4.78 is 32.1. The predicted octanol–water partition coefficient (Wildman–Crippen LogP) is 3.52. The van der Waals surface area contributed by atoms with Gasteiger partial charge in [-0.05, 0) is 36.7 Å². The fourth-order valence-electron chi connectivity index (χ4n) is 3.49. The predicted molar refractivity (Wildman–Crippen MR) is 126 cm³/mol. The van der Waals surface area contributed by atoms with E-state index < -0.39 is 37.4 Å². The molecule has 1 aliphatic rings. The van der Waals surface area contributed by atoms with E-state index in [4.69, 9.17) is 19.3 Å². The number of H-pyrrole nitrogens is 1. The number of rotatable bonds is 9. The molecule has 4 atom stereocenters. The molecular weight excluding hydrogens is 477 g/mol. The summed E-state index contributed by atoms with van der Waals surface area (Å²) in [5, 5.41) is 6.53. The Morgan fingerprint density at radius 3 is 2.74 bits per heavy atom. The number of nitrogens with one attached hydrogen (secondary N) is 2. The van der Waals surface area contributed by atoms with Crippen LogP contribution in [0.4, 0.5) is 5.69 Å². The van der Waals surface area contributed by atoms with E-state index in [0.717, 1.165) is 0 Å². The Balaban J connectivity index is 1.55. The Hall–Kier alpha value is -3.89. The average Bonchev–Trinajstić information content (AvgIpc) is 3.24. The average molecular weight is 499 g/mol. The van der Waals surface area contributed by atoms with Gasteiger partial charge in [0.15, 0.2) is 0 Å². The van der Waals surface area contributed by atoms with Crippen molar-refractivity contribution in [2.24, 2.45) is 5.11 Å². The number of hydrogen-bond donors (Lipinski definition) is 2. The van der Waals surface area contributed by atoms with Crippen molar-refractivity contribution in [2.75, 3.05) is 11.7 Å². The molecular formula is C21H22N7O6P. The summed E-state index contributed by atoms with van der Waals surface area (Å²) in [4.78, 5) is 33.0. The number of aromatic amines is 1. The van der Waals surface area contributed by atoms with Crippen LogP contribution >= 0.6 is 7.75 Å². The van der Waals surface area contributed by atoms with Gasteiger partial charge in [0.1, 0.15) is 12.0 Å². The van der Waals surface area contributed by atoms with Gasteiger partial charge in [0.05, 0.1) is 18.8 Å². The molecule has 2 N–H and O–H groups in total. The van der Waals surface area contributed by atoms with Gasteiger partial charge < -0.3 is 9.26 Å². The molecule has 0 amide bonds. The lowest BCUT2D eigenvalue weighted by Gasteiger charge is -2.23. The molecule has 1 fully saturated rings. The maximum absolute atomic E-state index is 13.6. The van der Waals surface area contributed by atoms with Crippen LogP contribution in [0.2, 0.25) is 0 Å². The van der Waals surface area contributed by atoms with E-state index in [1.807, 2.05) is 0 Å². The molecule has 3 aromatic rings. The van der Waals surface area contributed by atoms with Crippen molar-refractivity contribution in [2.45, 2.75) is 31.7 Å². The third-order valence-corrected chi connectivity index (χ3v) is 6.66. The van der Waals surface area contributed by atoms with Crippen LogP contribution in [0.5, 0.6) is 5.75 Å². The van der Waals surface area contributed by atoms with E-state index in [0.29, 0.717) is 11.3 Å². The van der Waals surface area contributed by atoms with E-state index in [2.05, 4.69) is 25.1 Å². The lowest BCUT2D eigenvalue weighted by atomic mass is 10.1. The van der Waals surface area contributed by atoms with Crippen LogP contribution in [0.25, 0.3) is 10.4 Å². The Kier molecular flexibility index (Phi) is 7.33. The van der Waals surface area contributed by atoms with Gasteiger partial charge in [0, 0.05) is 41.2 Å². The van der Waals surface area contributed by atoms with Gasteiger partial charge in [0.25, 0.3) is 5.56 Å². The zero-order valence-corrected chi connectivity index (χ0v) is 19.4. The van der Waals surface area contributed by atoms with Crippen molar-refractivity contribution in [3.63, 3.8) is 0 Å². The molecule has 4 rings (SSSR count). The second kappa shape index (κ2) is 10.6. The standard InChI is InChI=1S/C21H22N7O6P/c1-14-12-28(21(30)24-20(14)29)19-11-17(25-27-22)18(33-19)13-32-35(31,26-15-5-3-2-4-6-15)34-16-7-9-23-10-8-16/h2-10,12,17-19H,11,13H2,1H3,(H,26,31)(H,24,29,30)/t17?,18-,19-,35?/m1/s1. The molecule has 13 nitrogen and oxygen atoms in total. The largest absolute Gasteiger partial charge is 0.486 e. The second-order valence-corrected chi connectivity index (χ2v) is 9.32. The number of pyridine rings is 1. The Bertz CT molecular complexity index is 1330. The summed E-state index contributed by atoms with van der Waals surface area (Å²) in [6.07, 6.45) is 2.80. The van der Waals surface area contributed by atoms with Crippen molar-refractivity contribution in [1.82, 2.24) is 14.5 Å². The van der Waals surface area contributed by atoms with Gasteiger partial charge in [-0.1, -0.05) is 23.3 Å². The van der Waals surface area contributed by atoms with Gasteiger partial charge in [-0.2, -0.15) is 0 Å². The minimum Gasteiger partial charge on any atom is -0.409 e. The molecule has 1 saturated heterocycles. The molecule has 0 aliphatic carbocycles. The van der Waals surface area contributed by atoms with E-state index in [-0.39, 0.29) is 18.8 Å². The molecule has 182 valence electrons. The number of nitrogens with zero attached hydrogens (tertiary/aromatic N) is 5. The topological polar surface area (TPSA) is 173 Å². The van der Waals surface area contributed by atoms with Crippen LogP contribution in [-0.4, -0.2) is 33.3 Å². The van der Waals surface area contributed by atoms with Crippen LogP contribution in [0.15, 0.2) is 75.8 Å². The van der Waals surface area contributed by atoms with Crippen molar-refractivity contribution in [3.05, 3.63) is 97.9 Å². The maximum atomic E-state index is 13.6. The minimum atomic E-state index is -3.99. The Morgan fingerprint density at radius 1 is 1.29 bits per heavy atom. The molecule has 3 heterocycles. The van der Waals surface area contributed by atoms with Crippen LogP contribution in [-0.2, 0) is 13.8 Å². The molecule has 0 spiro atoms. The number of ether oxygens (including phenoxy) is 1. The highest BCUT2D eigenvalue weighted by atomic mass is 31.2. The van der Waals surface area contributed by atoms with Gasteiger partial charge >= 0.3 is 13.4 Å². The van der Waals surface area contributed by atoms with E-state index in [1.165, 1.54) is 35.3 Å². The lowest BCUT2D eigenvalue weighted by Crippen LogP contribution is -2.33. The number of aryl methyl sites for hydroxylation is 1. The first-order chi connectivity index (χ1) is 16.9. The summed E-state index contributed by atoms with van der Waals surface area (Å²) in [6, 6.07) is 11.0. The number of benzene rings is 1. The third-order valence-electron chi connectivity index (χ3n) is 5.18. The molecule has 0 saturated carbocycles. The molecule has 0 bridgehead atoms. The van der Waals surface area contributed by atoms with Crippen molar-refractivity contribution in [3.8, 4) is 5.75 Å². The van der Waals surface area contributed by atoms with Crippen LogP contribution in [0.1, 0.15) is 18.2 Å². The Labute approximate surface area is 198 Å². The van der Waals surface area contributed by atoms with Crippen LogP contribution in [0.3, 0.4) is 0 Å². The fraction of sp³-hybridized carbons (Fsp3) is 0.286. The van der Waals surface area contributed by atoms with Gasteiger partial charge in [-0.15, -0.1) is 0 Å². The number of aromatic nitrogens is 3. The van der Waals surface area contributed by atoms with Crippen molar-refractivity contribution >= 4 is 13.4 Å². The lowest BCUT2D eigenvalue weighted by molar-refractivity contribution is -0.0234. The highest BCUT2D eigenvalue weighted by molar-refractivity contribution is 7.55. The minimum absolute atomic E-state index is 0.144. The molecule has 2 unspecified atom stereocenters. The number of azide groups is 1. The molecule has 0 radical (unpaired) electrons. The SMILES string of the molecule is Cc1cn([C@H]2CC(N=[N+]=[N-])[C@@H](COP(=O)(Nc3ccccc3)Oc3ccncc3)O2)c(=O)[nH]c1=O. The first-order valence-corrected chi connectivity index (χ1v) is 12.1. The first-order valence-electron chi connectivity index (χ1n) is 10.6. The monoisotopic (exact) mass is 499 g/mol. The molecule has 14 heteroatoms. The van der Waals surface area contributed by atoms with E-state index in [1.54, 1.807) is 37.3 Å². The molecule has 35 heavy (non-hydrogen) atoms. The van der Waals surface area contributed by atoms with Gasteiger partial charge in [0.2, 0.25) is 0 Å². The van der Waals surface area contributed by atoms with Crippen LogP contribution < -0.4 is 20.9 Å². The van der Waals surface area contributed by atoms with Crippen molar-refractivity contribution in [1.29, 1.82) is 0 Å². The maximum Gasteiger partial charge on any atom is 0.486 e. The van der Waals surface area contributed by atoms with Gasteiger partial charge in [-0.3, -0.25) is 28.9 Å². The zero-order chi connectivity index (χ0) is 24.8. The third kappa shape index (κ3) is 5.97. The van der Waals surface area contributed by atoms with Crippen LogP contribution in [0, 0.1) is 6.92 Å². The smallest absolute Gasteiger partial charge is 0.409 e.